The van der Waals surface area contributed by atoms with Gasteiger partial charge in [0.25, 0.3) is 0 Å². The van der Waals surface area contributed by atoms with Crippen LogP contribution in [0.1, 0.15) is 43.8 Å². The Bertz CT molecular complexity index is 2040. The number of esters is 2. The molecule has 2 atom stereocenters. The van der Waals surface area contributed by atoms with Crippen molar-refractivity contribution in [3.8, 4) is 24.3 Å². The van der Waals surface area contributed by atoms with Crippen molar-refractivity contribution in [2.45, 2.75) is 25.0 Å². The molecule has 2 heterocycles. The van der Waals surface area contributed by atoms with Crippen LogP contribution >= 0.6 is 22.7 Å². The number of hydrogen-bond acceptors (Lipinski definition) is 12. The van der Waals surface area contributed by atoms with Crippen molar-refractivity contribution in [3.05, 3.63) is 117 Å². The molecule has 12 heteroatoms. The van der Waals surface area contributed by atoms with E-state index in [1.54, 1.807) is 48.6 Å². The summed E-state index contributed by atoms with van der Waals surface area (Å²) in [7, 11) is 0. The van der Waals surface area contributed by atoms with Crippen LogP contribution in [0.4, 0.5) is 10.0 Å². The number of rotatable bonds is 8. The quantitative estimate of drug-likeness (QED) is 0.140. The third-order valence-corrected chi connectivity index (χ3v) is 9.75. The summed E-state index contributed by atoms with van der Waals surface area (Å²) in [4.78, 5) is 37.1. The number of hydrogen-bond donors (Lipinski definition) is 0. The summed E-state index contributed by atoms with van der Waals surface area (Å²) < 4.78 is 11.4. The van der Waals surface area contributed by atoms with E-state index in [0.717, 1.165) is 11.1 Å². The number of benzene rings is 2. The Kier molecular flexibility index (Phi) is 9.14. The van der Waals surface area contributed by atoms with Crippen LogP contribution in [0.5, 0.6) is 0 Å². The van der Waals surface area contributed by atoms with Crippen LogP contribution < -0.4 is 0 Å². The maximum absolute atomic E-state index is 13.7. The summed E-state index contributed by atoms with van der Waals surface area (Å²) in [5.74, 6) is -2.11. The van der Waals surface area contributed by atoms with Crippen LogP contribution in [-0.2, 0) is 32.3 Å². The lowest BCUT2D eigenvalue weighted by Crippen LogP contribution is -2.22. The predicted octanol–water partition coefficient (Wildman–Crippen LogP) is 7.20. The number of carbonyl (C=O) groups excluding carboxylic acids is 2. The molecular weight excluding hydrogens is 645 g/mol. The van der Waals surface area contributed by atoms with Gasteiger partial charge in [0, 0.05) is 32.7 Å². The van der Waals surface area contributed by atoms with Gasteiger partial charge in [-0.15, -0.1) is 22.7 Å². The molecule has 230 valence electrons. The maximum Gasteiger partial charge on any atom is 0.338 e. The first-order valence-corrected chi connectivity index (χ1v) is 16.0. The van der Waals surface area contributed by atoms with Gasteiger partial charge in [-0.25, -0.2) is 19.6 Å². The van der Waals surface area contributed by atoms with Crippen molar-refractivity contribution >= 4 is 67.2 Å². The minimum atomic E-state index is -0.586. The van der Waals surface area contributed by atoms with Crippen molar-refractivity contribution < 1.29 is 19.1 Å². The first-order chi connectivity index (χ1) is 23.4. The largest absolute Gasteiger partial charge is 0.457 e. The standard InChI is InChI=1S/C36H20N6O4S2/c37-15-23(16-38)41-31-13-27-29(35(43)45-19-21-7-3-1-4-8-21)11-25-26(33(27)47-31)12-30(36(44)46-20-22-9-5-2-6-10-22)28-14-32(48-34(25)28)42-24(17-39)18-40/h1-14,25-26H,19-20H2. The first kappa shape index (κ1) is 31.5. The van der Waals surface area contributed by atoms with Gasteiger partial charge in [-0.3, -0.25) is 0 Å². The molecule has 2 aliphatic rings. The summed E-state index contributed by atoms with van der Waals surface area (Å²) in [6, 6.07) is 28.8. The van der Waals surface area contributed by atoms with Gasteiger partial charge in [-0.1, -0.05) is 72.8 Å². The Balaban J connectivity index is 1.46. The molecule has 2 aliphatic carbocycles. The average molecular weight is 665 g/mol. The second-order valence-electron chi connectivity index (χ2n) is 10.4. The highest BCUT2D eigenvalue weighted by atomic mass is 32.1. The number of thiophene rings is 2. The first-order valence-electron chi connectivity index (χ1n) is 14.3. The van der Waals surface area contributed by atoms with Crippen LogP contribution in [0.3, 0.4) is 0 Å². The van der Waals surface area contributed by atoms with E-state index in [9.17, 15) is 30.6 Å². The number of nitriles is 4. The van der Waals surface area contributed by atoms with Gasteiger partial charge in [0.1, 0.15) is 47.5 Å². The van der Waals surface area contributed by atoms with Gasteiger partial charge in [0.2, 0.25) is 11.4 Å². The molecule has 0 saturated heterocycles. The van der Waals surface area contributed by atoms with Crippen LogP contribution in [0.15, 0.2) is 94.9 Å². The molecule has 10 nitrogen and oxygen atoms in total. The van der Waals surface area contributed by atoms with Crippen molar-refractivity contribution in [2.24, 2.45) is 9.98 Å². The molecule has 0 aliphatic heterocycles. The Hall–Kier alpha value is -6.44. The fourth-order valence-corrected chi connectivity index (χ4v) is 7.70. The van der Waals surface area contributed by atoms with E-state index in [1.807, 2.05) is 60.7 Å². The lowest BCUT2D eigenvalue weighted by molar-refractivity contribution is -0.138. The van der Waals surface area contributed by atoms with Gasteiger partial charge in [0.05, 0.1) is 11.1 Å². The monoisotopic (exact) mass is 664 g/mol. The number of nitrogens with zero attached hydrogens (tertiary/aromatic N) is 6. The molecule has 2 aromatic heterocycles. The summed E-state index contributed by atoms with van der Waals surface area (Å²) in [5.41, 5.74) is 2.46. The molecule has 4 aromatic rings. The molecule has 0 saturated carbocycles. The summed E-state index contributed by atoms with van der Waals surface area (Å²) in [6.07, 6.45) is 3.55. The second-order valence-corrected chi connectivity index (χ2v) is 12.6. The smallest absolute Gasteiger partial charge is 0.338 e. The van der Waals surface area contributed by atoms with E-state index < -0.39 is 23.8 Å². The van der Waals surface area contributed by atoms with Crippen molar-refractivity contribution in [3.63, 3.8) is 0 Å². The van der Waals surface area contributed by atoms with E-state index in [-0.39, 0.29) is 35.8 Å². The highest BCUT2D eigenvalue weighted by Crippen LogP contribution is 2.56. The zero-order valence-electron chi connectivity index (χ0n) is 24.8. The predicted molar refractivity (Wildman–Crippen MR) is 179 cm³/mol. The fourth-order valence-electron chi connectivity index (χ4n) is 5.36. The van der Waals surface area contributed by atoms with Crippen LogP contribution in [0, 0.1) is 45.3 Å². The summed E-state index contributed by atoms with van der Waals surface area (Å²) >= 11 is 2.39. The molecule has 2 aromatic carbocycles. The molecule has 0 N–H and O–H groups in total. The zero-order chi connectivity index (χ0) is 33.6. The maximum atomic E-state index is 13.7. The van der Waals surface area contributed by atoms with E-state index in [2.05, 4.69) is 9.98 Å². The van der Waals surface area contributed by atoms with Gasteiger partial charge in [-0.05, 0) is 23.3 Å². The average Bonchev–Trinajstić information content (AvgIpc) is 3.75. The van der Waals surface area contributed by atoms with E-state index in [1.165, 1.54) is 22.7 Å². The van der Waals surface area contributed by atoms with Crippen LogP contribution in [-0.4, -0.2) is 23.4 Å². The minimum Gasteiger partial charge on any atom is -0.457 e. The molecular formula is C36H20N6O4S2. The van der Waals surface area contributed by atoms with Crippen LogP contribution in [0.25, 0.3) is 11.1 Å². The van der Waals surface area contributed by atoms with E-state index in [4.69, 9.17) is 9.47 Å². The molecule has 0 amide bonds. The number of ether oxygens (including phenoxy) is 2. The molecule has 2 unspecified atom stereocenters. The van der Waals surface area contributed by atoms with Crippen LogP contribution in [0.2, 0.25) is 0 Å². The van der Waals surface area contributed by atoms with Crippen molar-refractivity contribution in [1.29, 1.82) is 21.0 Å². The number of aliphatic imine (C=N–C) groups is 2. The topological polar surface area (TPSA) is 172 Å². The van der Waals surface area contributed by atoms with Crippen molar-refractivity contribution in [1.82, 2.24) is 0 Å². The fraction of sp³-hybridized carbons (Fsp3) is 0.111. The number of fused-ring (bicyclic) bond motifs is 5. The molecule has 0 fully saturated rings. The zero-order valence-corrected chi connectivity index (χ0v) is 26.4. The van der Waals surface area contributed by atoms with E-state index in [0.29, 0.717) is 30.9 Å². The van der Waals surface area contributed by atoms with Gasteiger partial charge in [0.15, 0.2) is 0 Å². The summed E-state index contributed by atoms with van der Waals surface area (Å²) in [5, 5.41) is 38.0. The SMILES string of the molecule is N#CC(C#N)=Nc1cc2c(s1)C1C=C(C(=O)OCc3ccccc3)c3cc(N=C(C#N)C#N)sc3C1C=C2C(=O)OCc1ccccc1. The molecule has 0 bridgehead atoms. The van der Waals surface area contributed by atoms with Crippen molar-refractivity contribution in [2.75, 3.05) is 0 Å². The third kappa shape index (κ3) is 6.44. The molecule has 6 rings (SSSR count). The Morgan fingerprint density at radius 2 is 1.00 bits per heavy atom. The second kappa shape index (κ2) is 13.9. The summed E-state index contributed by atoms with van der Waals surface area (Å²) in [6.45, 7) is 0.0717. The highest BCUT2D eigenvalue weighted by molar-refractivity contribution is 7.17. The minimum absolute atomic E-state index is 0.0358. The Labute approximate surface area is 282 Å². The molecule has 48 heavy (non-hydrogen) atoms. The van der Waals surface area contributed by atoms with Gasteiger partial charge < -0.3 is 9.47 Å². The molecule has 0 radical (unpaired) electrons. The lowest BCUT2D eigenvalue weighted by Gasteiger charge is -2.32. The Morgan fingerprint density at radius 1 is 0.625 bits per heavy atom. The number of carbonyl (C=O) groups is 2. The number of allylic oxidation sites excluding steroid dienone is 2. The van der Waals surface area contributed by atoms with Gasteiger partial charge in [-0.2, -0.15) is 21.0 Å². The van der Waals surface area contributed by atoms with Gasteiger partial charge >= 0.3 is 11.9 Å². The lowest BCUT2D eigenvalue weighted by atomic mass is 9.74. The highest BCUT2D eigenvalue weighted by Gasteiger charge is 2.41. The molecule has 0 spiro atoms. The normalized spacial score (nSPS) is 15.2. The third-order valence-electron chi connectivity index (χ3n) is 7.49. The Morgan fingerprint density at radius 3 is 1.35 bits per heavy atom. The van der Waals surface area contributed by atoms with E-state index >= 15 is 0 Å².